The second kappa shape index (κ2) is 4.96. The van der Waals surface area contributed by atoms with Crippen LogP contribution in [0.15, 0.2) is 0 Å². The molecule has 2 atom stereocenters. The van der Waals surface area contributed by atoms with Crippen molar-refractivity contribution in [1.82, 2.24) is 5.32 Å². The Morgan fingerprint density at radius 2 is 1.62 bits per heavy atom. The summed E-state index contributed by atoms with van der Waals surface area (Å²) in [5.74, 6) is 0. The third-order valence-corrected chi connectivity index (χ3v) is 5.02. The summed E-state index contributed by atoms with van der Waals surface area (Å²) in [6.07, 6.45) is 0.678. The van der Waals surface area contributed by atoms with E-state index >= 15 is 0 Å². The molecule has 0 bridgehead atoms. The van der Waals surface area contributed by atoms with E-state index in [1.807, 2.05) is 14.0 Å². The maximum Gasteiger partial charge on any atom is 0.155 e. The molecule has 0 rings (SSSR count). The lowest BCUT2D eigenvalue weighted by Gasteiger charge is -2.19. The Bertz CT molecular complexity index is 234. The summed E-state index contributed by atoms with van der Waals surface area (Å²) in [4.78, 5) is 0. The zero-order valence-corrected chi connectivity index (χ0v) is 9.98. The summed E-state index contributed by atoms with van der Waals surface area (Å²) in [5, 5.41) is 2.52. The highest BCUT2D eigenvalue weighted by Gasteiger charge is 2.25. The van der Waals surface area contributed by atoms with Gasteiger partial charge in [-0.1, -0.05) is 0 Å². The van der Waals surface area contributed by atoms with Crippen molar-refractivity contribution in [3.63, 3.8) is 0 Å². The number of hydrogen-bond donors (Lipinski definition) is 1. The predicted octanol–water partition coefficient (Wildman–Crippen LogP) is 1.20. The predicted molar refractivity (Wildman–Crippen MR) is 56.7 cm³/mol. The van der Waals surface area contributed by atoms with Crippen LogP contribution < -0.4 is 5.32 Å². The molecule has 13 heavy (non-hydrogen) atoms. The average Bonchev–Trinajstić information content (AvgIpc) is 2.03. The molecule has 0 aromatic carbocycles. The third kappa shape index (κ3) is 3.65. The summed E-state index contributed by atoms with van der Waals surface area (Å²) in [6.45, 7) is 7.24. The fraction of sp³-hybridized carbons (Fsp3) is 1.00. The van der Waals surface area contributed by atoms with E-state index in [0.717, 1.165) is 0 Å². The van der Waals surface area contributed by atoms with E-state index < -0.39 is 9.84 Å². The Morgan fingerprint density at radius 1 is 1.15 bits per heavy atom. The average molecular weight is 207 g/mol. The minimum absolute atomic E-state index is 0.253. The summed E-state index contributed by atoms with van der Waals surface area (Å²) >= 11 is 0. The van der Waals surface area contributed by atoms with Crippen LogP contribution in [0.1, 0.15) is 34.1 Å². The fourth-order valence-electron chi connectivity index (χ4n) is 1.21. The molecule has 0 aliphatic carbocycles. The van der Waals surface area contributed by atoms with Crippen molar-refractivity contribution in [3.05, 3.63) is 0 Å². The van der Waals surface area contributed by atoms with Gasteiger partial charge in [0.15, 0.2) is 9.84 Å². The highest BCUT2D eigenvalue weighted by atomic mass is 32.2. The van der Waals surface area contributed by atoms with E-state index in [2.05, 4.69) is 5.32 Å². The molecular formula is C9H21NO2S. The van der Waals surface area contributed by atoms with Gasteiger partial charge in [-0.3, -0.25) is 0 Å². The van der Waals surface area contributed by atoms with Crippen molar-refractivity contribution in [2.75, 3.05) is 7.05 Å². The first-order chi connectivity index (χ1) is 5.82. The first-order valence-corrected chi connectivity index (χ1v) is 6.33. The Labute approximate surface area is 81.8 Å². The van der Waals surface area contributed by atoms with Crippen molar-refractivity contribution in [1.29, 1.82) is 0 Å². The van der Waals surface area contributed by atoms with Crippen LogP contribution in [0.25, 0.3) is 0 Å². The molecule has 0 radical (unpaired) electrons. The van der Waals surface area contributed by atoms with Gasteiger partial charge in [-0.05, 0) is 41.2 Å². The van der Waals surface area contributed by atoms with Crippen molar-refractivity contribution in [2.45, 2.75) is 50.7 Å². The number of sulfone groups is 1. The van der Waals surface area contributed by atoms with Crippen molar-refractivity contribution in [3.8, 4) is 0 Å². The highest BCUT2D eigenvalue weighted by molar-refractivity contribution is 7.92. The maximum atomic E-state index is 11.7. The molecule has 1 N–H and O–H groups in total. The third-order valence-electron chi connectivity index (χ3n) is 2.40. The number of nitrogens with one attached hydrogen (secondary N) is 1. The van der Waals surface area contributed by atoms with Gasteiger partial charge in [0.1, 0.15) is 0 Å². The molecule has 80 valence electrons. The smallest absolute Gasteiger partial charge is 0.155 e. The number of rotatable bonds is 5. The first kappa shape index (κ1) is 12.9. The van der Waals surface area contributed by atoms with Crippen molar-refractivity contribution < 1.29 is 8.42 Å². The van der Waals surface area contributed by atoms with E-state index in [-0.39, 0.29) is 16.5 Å². The zero-order chi connectivity index (χ0) is 10.6. The highest BCUT2D eigenvalue weighted by Crippen LogP contribution is 2.13. The van der Waals surface area contributed by atoms with Crippen molar-refractivity contribution >= 4 is 9.84 Å². The van der Waals surface area contributed by atoms with Gasteiger partial charge in [-0.2, -0.15) is 0 Å². The van der Waals surface area contributed by atoms with Gasteiger partial charge >= 0.3 is 0 Å². The summed E-state index contributed by atoms with van der Waals surface area (Å²) in [7, 11) is -1.08. The minimum Gasteiger partial charge on any atom is -0.317 e. The SMILES string of the molecule is CNC(C)CC(C)S(=O)(=O)C(C)C. The standard InChI is InChI=1S/C9H21NO2S/c1-7(2)13(11,12)9(4)6-8(3)10-5/h7-10H,6H2,1-5H3. The minimum atomic E-state index is -2.92. The summed E-state index contributed by atoms with van der Waals surface area (Å²) in [6, 6.07) is 0.253. The lowest BCUT2D eigenvalue weighted by atomic mass is 10.2. The van der Waals surface area contributed by atoms with E-state index in [1.54, 1.807) is 20.8 Å². The van der Waals surface area contributed by atoms with Gasteiger partial charge in [0.25, 0.3) is 0 Å². The number of hydrogen-bond acceptors (Lipinski definition) is 3. The Balaban J connectivity index is 4.35. The molecule has 0 aromatic heterocycles. The molecule has 4 heteroatoms. The molecule has 0 aliphatic rings. The molecule has 0 saturated carbocycles. The van der Waals surface area contributed by atoms with Crippen LogP contribution in [0.4, 0.5) is 0 Å². The zero-order valence-electron chi connectivity index (χ0n) is 9.16. The van der Waals surface area contributed by atoms with Crippen LogP contribution >= 0.6 is 0 Å². The largest absolute Gasteiger partial charge is 0.317 e. The van der Waals surface area contributed by atoms with E-state index in [0.29, 0.717) is 6.42 Å². The van der Waals surface area contributed by atoms with Gasteiger partial charge in [0, 0.05) is 6.04 Å². The fourth-order valence-corrected chi connectivity index (χ4v) is 2.70. The van der Waals surface area contributed by atoms with Crippen molar-refractivity contribution in [2.24, 2.45) is 0 Å². The first-order valence-electron chi connectivity index (χ1n) is 4.72. The van der Waals surface area contributed by atoms with Gasteiger partial charge < -0.3 is 5.32 Å². The molecule has 0 fully saturated rings. The Morgan fingerprint density at radius 3 is 1.92 bits per heavy atom. The molecule has 0 aromatic rings. The van der Waals surface area contributed by atoms with E-state index in [1.165, 1.54) is 0 Å². The maximum absolute atomic E-state index is 11.7. The Hall–Kier alpha value is -0.0900. The molecule has 0 aliphatic heterocycles. The lowest BCUT2D eigenvalue weighted by Crippen LogP contribution is -2.33. The monoisotopic (exact) mass is 207 g/mol. The van der Waals surface area contributed by atoms with Gasteiger partial charge in [-0.15, -0.1) is 0 Å². The van der Waals surface area contributed by atoms with E-state index in [4.69, 9.17) is 0 Å². The lowest BCUT2D eigenvalue weighted by molar-refractivity contribution is 0.526. The van der Waals surface area contributed by atoms with E-state index in [9.17, 15) is 8.42 Å². The van der Waals surface area contributed by atoms with Crippen LogP contribution in [-0.4, -0.2) is 32.0 Å². The topological polar surface area (TPSA) is 46.2 Å². The molecule has 0 amide bonds. The molecule has 3 nitrogen and oxygen atoms in total. The normalized spacial score (nSPS) is 17.4. The molecule has 0 heterocycles. The van der Waals surface area contributed by atoms with Crippen LogP contribution in [0.5, 0.6) is 0 Å². The van der Waals surface area contributed by atoms with Crippen LogP contribution in [0.3, 0.4) is 0 Å². The second-order valence-corrected chi connectivity index (χ2v) is 6.80. The molecule has 0 saturated heterocycles. The van der Waals surface area contributed by atoms with Gasteiger partial charge in [0.2, 0.25) is 0 Å². The summed E-state index contributed by atoms with van der Waals surface area (Å²) in [5.41, 5.74) is 0. The van der Waals surface area contributed by atoms with Crippen LogP contribution in [-0.2, 0) is 9.84 Å². The van der Waals surface area contributed by atoms with Crippen LogP contribution in [0.2, 0.25) is 0 Å². The molecular weight excluding hydrogens is 186 g/mol. The Kier molecular flexibility index (Phi) is 4.92. The molecule has 2 unspecified atom stereocenters. The van der Waals surface area contributed by atoms with Gasteiger partial charge in [0.05, 0.1) is 10.5 Å². The second-order valence-electron chi connectivity index (χ2n) is 3.87. The van der Waals surface area contributed by atoms with Crippen LogP contribution in [0, 0.1) is 0 Å². The molecule has 0 spiro atoms. The summed E-state index contributed by atoms with van der Waals surface area (Å²) < 4.78 is 23.3. The quantitative estimate of drug-likeness (QED) is 0.737. The van der Waals surface area contributed by atoms with Gasteiger partial charge in [-0.25, -0.2) is 8.42 Å².